The number of nitrogens with two attached hydrogens (primary N) is 1. The third-order valence-electron chi connectivity index (χ3n) is 4.86. The number of para-hydroxylation sites is 1. The van der Waals surface area contributed by atoms with E-state index in [4.69, 9.17) is 10.2 Å². The second-order valence-corrected chi connectivity index (χ2v) is 6.88. The lowest BCUT2D eigenvalue weighted by atomic mass is 9.96. The summed E-state index contributed by atoms with van der Waals surface area (Å²) in [5.41, 5.74) is 8.52. The van der Waals surface area contributed by atoms with Gasteiger partial charge in [0.25, 0.3) is 5.91 Å². The van der Waals surface area contributed by atoms with Gasteiger partial charge in [0.1, 0.15) is 5.52 Å². The van der Waals surface area contributed by atoms with Crippen molar-refractivity contribution in [2.24, 2.45) is 0 Å². The summed E-state index contributed by atoms with van der Waals surface area (Å²) in [6, 6.07) is 4.76. The average molecular weight is 381 g/mol. The quantitative estimate of drug-likeness (QED) is 0.636. The van der Waals surface area contributed by atoms with Crippen LogP contribution in [-0.2, 0) is 13.0 Å². The van der Waals surface area contributed by atoms with Crippen LogP contribution in [0.15, 0.2) is 39.8 Å². The largest absolute Gasteiger partial charge is 0.427 e. The van der Waals surface area contributed by atoms with Gasteiger partial charge in [-0.2, -0.15) is 0 Å². The van der Waals surface area contributed by atoms with E-state index in [0.29, 0.717) is 30.6 Å². The number of fused-ring (bicyclic) bond motifs is 2. The molecule has 0 saturated carbocycles. The number of carbonyl (C=O) groups excluding carboxylic acids is 2. The van der Waals surface area contributed by atoms with Gasteiger partial charge in [-0.3, -0.25) is 9.78 Å². The normalized spacial score (nSPS) is 13.4. The number of pyridine rings is 1. The first-order valence-corrected chi connectivity index (χ1v) is 8.75. The van der Waals surface area contributed by atoms with Crippen molar-refractivity contribution in [1.29, 1.82) is 0 Å². The zero-order chi connectivity index (χ0) is 20.0. The first-order valence-electron chi connectivity index (χ1n) is 8.75. The molecular weight excluding hydrogens is 362 g/mol. The highest BCUT2D eigenvalue weighted by Crippen LogP contribution is 2.25. The number of nitrogens with zero attached hydrogens (tertiary/aromatic N) is 4. The first-order chi connectivity index (χ1) is 13.4. The zero-order valence-corrected chi connectivity index (χ0v) is 15.5. The molecule has 0 radical (unpaired) electrons. The number of hydrogen-bond acceptors (Lipinski definition) is 6. The van der Waals surface area contributed by atoms with Crippen LogP contribution in [0.4, 0.5) is 10.5 Å². The van der Waals surface area contributed by atoms with Gasteiger partial charge in [0.15, 0.2) is 5.58 Å². The van der Waals surface area contributed by atoms with E-state index in [1.807, 2.05) is 0 Å². The van der Waals surface area contributed by atoms with Crippen molar-refractivity contribution in [3.8, 4) is 0 Å². The van der Waals surface area contributed by atoms with E-state index < -0.39 is 11.7 Å². The number of aromatic nitrogens is 2. The Morgan fingerprint density at radius 2 is 2.04 bits per heavy atom. The van der Waals surface area contributed by atoms with Gasteiger partial charge in [-0.25, -0.2) is 14.2 Å². The summed E-state index contributed by atoms with van der Waals surface area (Å²) >= 11 is 0. The fourth-order valence-electron chi connectivity index (χ4n) is 3.50. The zero-order valence-electron chi connectivity index (χ0n) is 15.5. The average Bonchev–Trinajstić information content (AvgIpc) is 3.03. The summed E-state index contributed by atoms with van der Waals surface area (Å²) in [7, 11) is 3.39. The molecule has 2 N–H and O–H groups in total. The summed E-state index contributed by atoms with van der Waals surface area (Å²) in [6.07, 6.45) is 3.59. The molecule has 1 aromatic carbocycles. The molecule has 3 heterocycles. The Balaban J connectivity index is 1.77. The minimum absolute atomic E-state index is 0.102. The van der Waals surface area contributed by atoms with Crippen molar-refractivity contribution in [2.45, 2.75) is 13.0 Å². The summed E-state index contributed by atoms with van der Waals surface area (Å²) in [5.74, 6) is -1.32. The minimum Gasteiger partial charge on any atom is -0.405 e. The summed E-state index contributed by atoms with van der Waals surface area (Å²) in [4.78, 5) is 45.1. The molecule has 4 rings (SSSR count). The molecule has 9 heteroatoms. The molecule has 1 aliphatic rings. The number of nitrogen functional groups attached to an aromatic ring is 1. The molecule has 0 saturated heterocycles. The molecule has 144 valence electrons. The molecule has 0 unspecified atom stereocenters. The van der Waals surface area contributed by atoms with E-state index in [1.165, 1.54) is 11.1 Å². The highest BCUT2D eigenvalue weighted by Gasteiger charge is 2.28. The highest BCUT2D eigenvalue weighted by molar-refractivity contribution is 6.03. The van der Waals surface area contributed by atoms with Crippen molar-refractivity contribution in [3.63, 3.8) is 0 Å². The van der Waals surface area contributed by atoms with Gasteiger partial charge in [-0.15, -0.1) is 0 Å². The molecule has 2 amide bonds. The van der Waals surface area contributed by atoms with Crippen LogP contribution in [0.2, 0.25) is 0 Å². The van der Waals surface area contributed by atoms with Gasteiger partial charge >= 0.3 is 11.8 Å². The third kappa shape index (κ3) is 2.72. The van der Waals surface area contributed by atoms with Crippen LogP contribution in [0.1, 0.15) is 21.5 Å². The van der Waals surface area contributed by atoms with E-state index in [-0.39, 0.29) is 17.3 Å². The van der Waals surface area contributed by atoms with Gasteiger partial charge in [0.05, 0.1) is 11.3 Å². The van der Waals surface area contributed by atoms with Crippen LogP contribution in [-0.4, -0.2) is 51.9 Å². The van der Waals surface area contributed by atoms with Gasteiger partial charge in [0.2, 0.25) is 0 Å². The molecule has 9 nitrogen and oxygen atoms in total. The number of rotatable bonds is 1. The van der Waals surface area contributed by atoms with Gasteiger partial charge in [0, 0.05) is 39.6 Å². The van der Waals surface area contributed by atoms with E-state index in [0.717, 1.165) is 15.7 Å². The lowest BCUT2D eigenvalue weighted by molar-refractivity contribution is 0.0954. The number of amides is 2. The smallest absolute Gasteiger partial charge is 0.405 e. The van der Waals surface area contributed by atoms with E-state index >= 15 is 0 Å². The summed E-state index contributed by atoms with van der Waals surface area (Å²) in [6.45, 7) is 0.830. The number of oxazole rings is 1. The molecular formula is C19H19N5O4. The van der Waals surface area contributed by atoms with Crippen LogP contribution < -0.4 is 11.5 Å². The molecule has 0 atom stereocenters. The Kier molecular flexibility index (Phi) is 4.14. The number of anilines is 1. The van der Waals surface area contributed by atoms with Gasteiger partial charge in [-0.1, -0.05) is 6.07 Å². The SMILES string of the molecule is CN(C)C(=O)N1CCc2c(cncc2C(=O)n2c(=O)oc3c(N)cccc32)C1. The second-order valence-electron chi connectivity index (χ2n) is 6.88. The Morgan fingerprint density at radius 3 is 2.79 bits per heavy atom. The number of hydrogen-bond donors (Lipinski definition) is 1. The van der Waals surface area contributed by atoms with E-state index in [2.05, 4.69) is 4.98 Å². The number of carbonyl (C=O) groups is 2. The van der Waals surface area contributed by atoms with Crippen LogP contribution >= 0.6 is 0 Å². The lowest BCUT2D eigenvalue weighted by Crippen LogP contribution is -2.42. The monoisotopic (exact) mass is 381 g/mol. The van der Waals surface area contributed by atoms with Crippen molar-refractivity contribution < 1.29 is 14.0 Å². The Bertz CT molecular complexity index is 1160. The molecule has 0 fully saturated rings. The molecule has 1 aliphatic heterocycles. The lowest BCUT2D eigenvalue weighted by Gasteiger charge is -2.31. The molecule has 28 heavy (non-hydrogen) atoms. The summed E-state index contributed by atoms with van der Waals surface area (Å²) < 4.78 is 6.15. The van der Waals surface area contributed by atoms with Crippen molar-refractivity contribution in [3.05, 3.63) is 57.8 Å². The predicted octanol–water partition coefficient (Wildman–Crippen LogP) is 1.30. The van der Waals surface area contributed by atoms with Crippen LogP contribution in [0.25, 0.3) is 11.1 Å². The standard InChI is InChI=1S/C19H19N5O4/c1-22(2)18(26)23-7-6-12-11(10-23)8-21-9-13(12)17(25)24-15-5-3-4-14(20)16(15)28-19(24)27/h3-5,8-9H,6-7,10,20H2,1-2H3. The van der Waals surface area contributed by atoms with E-state index in [9.17, 15) is 14.4 Å². The summed E-state index contributed by atoms with van der Waals surface area (Å²) in [5, 5.41) is 0. The molecule has 0 bridgehead atoms. The van der Waals surface area contributed by atoms with Crippen LogP contribution in [0.5, 0.6) is 0 Å². The minimum atomic E-state index is -0.796. The Hall–Kier alpha value is -3.62. The first kappa shape index (κ1) is 17.8. The molecule has 2 aromatic heterocycles. The van der Waals surface area contributed by atoms with Crippen molar-refractivity contribution in [2.75, 3.05) is 26.4 Å². The highest BCUT2D eigenvalue weighted by atomic mass is 16.4. The molecule has 0 aliphatic carbocycles. The maximum Gasteiger partial charge on any atom is 0.427 e. The number of urea groups is 1. The maximum atomic E-state index is 13.2. The number of benzene rings is 1. The van der Waals surface area contributed by atoms with Crippen LogP contribution in [0.3, 0.4) is 0 Å². The van der Waals surface area contributed by atoms with Gasteiger partial charge < -0.3 is 20.0 Å². The predicted molar refractivity (Wildman–Crippen MR) is 102 cm³/mol. The fourth-order valence-corrected chi connectivity index (χ4v) is 3.50. The second kappa shape index (κ2) is 6.52. The fraction of sp³-hybridized carbons (Fsp3) is 0.263. The third-order valence-corrected chi connectivity index (χ3v) is 4.86. The van der Waals surface area contributed by atoms with E-state index in [1.54, 1.807) is 43.4 Å². The van der Waals surface area contributed by atoms with Crippen molar-refractivity contribution in [1.82, 2.24) is 19.4 Å². The maximum absolute atomic E-state index is 13.2. The van der Waals surface area contributed by atoms with Crippen LogP contribution in [0, 0.1) is 0 Å². The Labute approximate surface area is 160 Å². The Morgan fingerprint density at radius 1 is 1.25 bits per heavy atom. The van der Waals surface area contributed by atoms with Crippen molar-refractivity contribution >= 4 is 28.7 Å². The van der Waals surface area contributed by atoms with Gasteiger partial charge in [-0.05, 0) is 29.7 Å². The molecule has 3 aromatic rings. The molecule has 0 spiro atoms. The topological polar surface area (TPSA) is 115 Å².